The van der Waals surface area contributed by atoms with E-state index in [0.717, 1.165) is 12.8 Å². The zero-order chi connectivity index (χ0) is 9.19. The average molecular weight is 160 g/mol. The Morgan fingerprint density at radius 3 is 2.58 bits per heavy atom. The van der Waals surface area contributed by atoms with Gasteiger partial charge >= 0.3 is 0 Å². The van der Waals surface area contributed by atoms with Gasteiger partial charge in [0.15, 0.2) is 0 Å². The van der Waals surface area contributed by atoms with Gasteiger partial charge in [-0.25, -0.2) is 0 Å². The van der Waals surface area contributed by atoms with Crippen LogP contribution in [0, 0.1) is 5.41 Å². The van der Waals surface area contributed by atoms with Gasteiger partial charge < -0.3 is 0 Å². The van der Waals surface area contributed by atoms with Gasteiger partial charge in [0.25, 0.3) is 0 Å². The fourth-order valence-electron chi connectivity index (χ4n) is 1.42. The minimum Gasteiger partial charge on any atom is -0.0895 e. The summed E-state index contributed by atoms with van der Waals surface area (Å²) < 4.78 is 0. The molecule has 0 aromatic rings. The molecule has 1 unspecified atom stereocenters. The second kappa shape index (κ2) is 3.51. The van der Waals surface area contributed by atoms with Crippen LogP contribution in [-0.4, -0.2) is 7.85 Å². The minimum atomic E-state index is 0.244. The largest absolute Gasteiger partial charge is 0.0895 e. The standard InChI is InChI=1S/C11H17B/c1-11(2,3)8-9-4-6-10(12)7-5-9/h4-6,10H,7-8H2,1-3H3. The Hall–Kier alpha value is -0.455. The van der Waals surface area contributed by atoms with Crippen LogP contribution in [0.4, 0.5) is 0 Å². The van der Waals surface area contributed by atoms with Crippen LogP contribution in [0.25, 0.3) is 0 Å². The molecule has 0 fully saturated rings. The average Bonchev–Trinajstić information content (AvgIpc) is 1.91. The van der Waals surface area contributed by atoms with E-state index in [4.69, 9.17) is 7.85 Å². The third-order valence-electron chi connectivity index (χ3n) is 1.94. The molecule has 2 radical (unpaired) electrons. The summed E-state index contributed by atoms with van der Waals surface area (Å²) in [5, 5.41) is 0. The van der Waals surface area contributed by atoms with E-state index in [0.29, 0.717) is 5.41 Å². The fourth-order valence-corrected chi connectivity index (χ4v) is 1.42. The van der Waals surface area contributed by atoms with Gasteiger partial charge in [-0.2, -0.15) is 0 Å². The molecule has 0 aliphatic heterocycles. The van der Waals surface area contributed by atoms with E-state index in [9.17, 15) is 0 Å². The molecule has 0 nitrogen and oxygen atoms in total. The summed E-state index contributed by atoms with van der Waals surface area (Å²) in [6, 6.07) is 0. The number of hydrogen-bond acceptors (Lipinski definition) is 0. The summed E-state index contributed by atoms with van der Waals surface area (Å²) in [7, 11) is 5.73. The normalized spacial score (nSPS) is 23.9. The van der Waals surface area contributed by atoms with Crippen molar-refractivity contribution in [3.8, 4) is 0 Å². The Kier molecular flexibility index (Phi) is 2.82. The van der Waals surface area contributed by atoms with E-state index in [1.54, 1.807) is 0 Å². The smallest absolute Gasteiger partial charge is 0.0759 e. The first kappa shape index (κ1) is 9.63. The van der Waals surface area contributed by atoms with E-state index in [2.05, 4.69) is 39.0 Å². The van der Waals surface area contributed by atoms with Crippen LogP contribution in [-0.2, 0) is 0 Å². The summed E-state index contributed by atoms with van der Waals surface area (Å²) in [6.07, 6.45) is 8.68. The highest BCUT2D eigenvalue weighted by atomic mass is 14.2. The van der Waals surface area contributed by atoms with Crippen LogP contribution in [0.3, 0.4) is 0 Å². The maximum absolute atomic E-state index is 5.73. The van der Waals surface area contributed by atoms with Crippen molar-refractivity contribution in [1.29, 1.82) is 0 Å². The van der Waals surface area contributed by atoms with Crippen LogP contribution >= 0.6 is 0 Å². The summed E-state index contributed by atoms with van der Waals surface area (Å²) in [4.78, 5) is 0. The lowest BCUT2D eigenvalue weighted by Crippen LogP contribution is -2.06. The lowest BCUT2D eigenvalue weighted by atomic mass is 9.78. The van der Waals surface area contributed by atoms with E-state index < -0.39 is 0 Å². The van der Waals surface area contributed by atoms with E-state index in [1.807, 2.05) is 0 Å². The maximum Gasteiger partial charge on any atom is 0.0759 e. The van der Waals surface area contributed by atoms with Gasteiger partial charge in [-0.1, -0.05) is 50.4 Å². The van der Waals surface area contributed by atoms with Gasteiger partial charge in [-0.15, -0.1) is 0 Å². The molecule has 0 heterocycles. The number of hydrogen-bond donors (Lipinski definition) is 0. The van der Waals surface area contributed by atoms with Crippen LogP contribution in [0.1, 0.15) is 33.6 Å². The van der Waals surface area contributed by atoms with E-state index >= 15 is 0 Å². The molecule has 0 aromatic carbocycles. The van der Waals surface area contributed by atoms with Gasteiger partial charge in [0.05, 0.1) is 7.85 Å². The van der Waals surface area contributed by atoms with Crippen molar-refractivity contribution in [2.75, 3.05) is 0 Å². The molecule has 1 aliphatic carbocycles. The second-order valence-corrected chi connectivity index (χ2v) is 4.78. The summed E-state index contributed by atoms with van der Waals surface area (Å²) in [5.41, 5.74) is 1.82. The molecule has 0 amide bonds. The highest BCUT2D eigenvalue weighted by Gasteiger charge is 2.13. The maximum atomic E-state index is 5.73. The Labute approximate surface area is 77.2 Å². The molecule has 0 saturated carbocycles. The predicted octanol–water partition coefficient (Wildman–Crippen LogP) is 3.27. The lowest BCUT2D eigenvalue weighted by molar-refractivity contribution is 0.412. The van der Waals surface area contributed by atoms with Crippen molar-refractivity contribution in [2.45, 2.75) is 39.4 Å². The topological polar surface area (TPSA) is 0 Å². The zero-order valence-corrected chi connectivity index (χ0v) is 8.30. The van der Waals surface area contributed by atoms with E-state index in [-0.39, 0.29) is 5.82 Å². The summed E-state index contributed by atoms with van der Waals surface area (Å²) in [5.74, 6) is 0.244. The first-order valence-electron chi connectivity index (χ1n) is 4.60. The molecular formula is C11H17B. The van der Waals surface area contributed by atoms with Crippen LogP contribution < -0.4 is 0 Å². The molecule has 0 spiro atoms. The van der Waals surface area contributed by atoms with Crippen molar-refractivity contribution >= 4 is 7.85 Å². The Morgan fingerprint density at radius 2 is 2.17 bits per heavy atom. The molecule has 0 N–H and O–H groups in total. The number of allylic oxidation sites excluding steroid dienone is 4. The predicted molar refractivity (Wildman–Crippen MR) is 55.4 cm³/mol. The Balaban J connectivity index is 2.51. The minimum absolute atomic E-state index is 0.244. The van der Waals surface area contributed by atoms with Crippen molar-refractivity contribution in [3.63, 3.8) is 0 Å². The first-order chi connectivity index (χ1) is 5.47. The van der Waals surface area contributed by atoms with Crippen LogP contribution in [0.5, 0.6) is 0 Å². The highest BCUT2D eigenvalue weighted by molar-refractivity contribution is 6.13. The highest BCUT2D eigenvalue weighted by Crippen LogP contribution is 2.28. The Morgan fingerprint density at radius 1 is 1.50 bits per heavy atom. The Bertz CT molecular complexity index is 206. The molecule has 12 heavy (non-hydrogen) atoms. The van der Waals surface area contributed by atoms with Gasteiger partial charge in [-0.3, -0.25) is 0 Å². The van der Waals surface area contributed by atoms with Gasteiger partial charge in [0.2, 0.25) is 0 Å². The summed E-state index contributed by atoms with van der Waals surface area (Å²) >= 11 is 0. The molecule has 1 aliphatic rings. The molecule has 64 valence electrons. The van der Waals surface area contributed by atoms with Gasteiger partial charge in [-0.05, 0) is 18.3 Å². The van der Waals surface area contributed by atoms with Crippen LogP contribution in [0.15, 0.2) is 23.8 Å². The SMILES string of the molecule is [B]C1C=CC(CC(C)(C)C)=CC1. The molecule has 0 bridgehead atoms. The molecule has 0 aromatic heterocycles. The molecule has 1 atom stereocenters. The fraction of sp³-hybridized carbons (Fsp3) is 0.636. The quantitative estimate of drug-likeness (QED) is 0.516. The second-order valence-electron chi connectivity index (χ2n) is 4.78. The van der Waals surface area contributed by atoms with E-state index in [1.165, 1.54) is 5.57 Å². The van der Waals surface area contributed by atoms with Crippen LogP contribution in [0.2, 0.25) is 5.82 Å². The molecular weight excluding hydrogens is 143 g/mol. The van der Waals surface area contributed by atoms with Crippen molar-refractivity contribution in [2.24, 2.45) is 5.41 Å². The summed E-state index contributed by atoms with van der Waals surface area (Å²) in [6.45, 7) is 6.78. The first-order valence-corrected chi connectivity index (χ1v) is 4.60. The zero-order valence-electron chi connectivity index (χ0n) is 8.30. The monoisotopic (exact) mass is 160 g/mol. The molecule has 0 saturated heterocycles. The lowest BCUT2D eigenvalue weighted by Gasteiger charge is -2.21. The van der Waals surface area contributed by atoms with Gasteiger partial charge in [0, 0.05) is 0 Å². The molecule has 1 heteroatoms. The third kappa shape index (κ3) is 3.29. The third-order valence-corrected chi connectivity index (χ3v) is 1.94. The van der Waals surface area contributed by atoms with Gasteiger partial charge in [0.1, 0.15) is 0 Å². The number of rotatable bonds is 1. The van der Waals surface area contributed by atoms with Crippen molar-refractivity contribution in [3.05, 3.63) is 23.8 Å². The van der Waals surface area contributed by atoms with Crippen molar-refractivity contribution < 1.29 is 0 Å². The van der Waals surface area contributed by atoms with Crippen molar-refractivity contribution in [1.82, 2.24) is 0 Å². The molecule has 1 rings (SSSR count).